The van der Waals surface area contributed by atoms with Gasteiger partial charge in [-0.1, -0.05) is 55.5 Å². The van der Waals surface area contributed by atoms with E-state index in [0.29, 0.717) is 5.69 Å². The molecular weight excluding hydrogens is 418 g/mol. The molecule has 0 aliphatic heterocycles. The zero-order chi connectivity index (χ0) is 23.5. The minimum absolute atomic E-state index is 0.0817. The molecule has 4 aromatic rings. The van der Waals surface area contributed by atoms with Gasteiger partial charge < -0.3 is 15.5 Å². The smallest absolute Gasteiger partial charge is 0.335 e. The maximum absolute atomic E-state index is 13.4. The predicted octanol–water partition coefficient (Wildman–Crippen LogP) is 4.17. The molecule has 0 aliphatic carbocycles. The van der Waals surface area contributed by atoms with Crippen LogP contribution in [-0.4, -0.2) is 32.3 Å². The molecule has 0 bridgehead atoms. The van der Waals surface area contributed by atoms with Crippen LogP contribution in [0.2, 0.25) is 0 Å². The Bertz CT molecular complexity index is 1370. The number of aromatic carboxylic acids is 1. The van der Waals surface area contributed by atoms with Crippen LogP contribution in [0, 0.1) is 12.8 Å². The number of rotatable bonds is 7. The number of aliphatic hydroxyl groups excluding tert-OH is 1. The van der Waals surface area contributed by atoms with Gasteiger partial charge in [0.25, 0.3) is 5.56 Å². The summed E-state index contributed by atoms with van der Waals surface area (Å²) < 4.78 is 1.39. The lowest BCUT2D eigenvalue weighted by Gasteiger charge is -2.26. The van der Waals surface area contributed by atoms with E-state index in [9.17, 15) is 19.8 Å². The molecule has 4 rings (SSSR count). The van der Waals surface area contributed by atoms with Crippen molar-refractivity contribution < 1.29 is 15.0 Å². The molecule has 1 aromatic heterocycles. The molecule has 0 fully saturated rings. The summed E-state index contributed by atoms with van der Waals surface area (Å²) in [6.45, 7) is 3.64. The first-order valence-electron chi connectivity index (χ1n) is 10.7. The van der Waals surface area contributed by atoms with Crippen LogP contribution in [0.15, 0.2) is 77.9 Å². The normalized spacial score (nSPS) is 12.9. The predicted molar refractivity (Wildman–Crippen MR) is 128 cm³/mol. The van der Waals surface area contributed by atoms with Gasteiger partial charge in [0.2, 0.25) is 0 Å². The monoisotopic (exact) mass is 443 g/mol. The molecule has 7 nitrogen and oxygen atoms in total. The SMILES string of the molecule is Cc1ccc(C(=O)O)cc1-n1ccnc(N[C@@H](c2cccc3ccccc23)[C@@H](C)CO)c1=O. The van der Waals surface area contributed by atoms with E-state index in [1.807, 2.05) is 56.3 Å². The van der Waals surface area contributed by atoms with Crippen molar-refractivity contribution in [3.8, 4) is 5.69 Å². The van der Waals surface area contributed by atoms with E-state index < -0.39 is 11.5 Å². The first-order valence-corrected chi connectivity index (χ1v) is 10.7. The number of aromatic nitrogens is 2. The summed E-state index contributed by atoms with van der Waals surface area (Å²) in [6, 6.07) is 18.2. The highest BCUT2D eigenvalue weighted by atomic mass is 16.4. The van der Waals surface area contributed by atoms with Crippen LogP contribution >= 0.6 is 0 Å². The van der Waals surface area contributed by atoms with E-state index in [4.69, 9.17) is 0 Å². The third-order valence-electron chi connectivity index (χ3n) is 5.86. The van der Waals surface area contributed by atoms with Crippen molar-refractivity contribution in [1.29, 1.82) is 0 Å². The fourth-order valence-corrected chi connectivity index (χ4v) is 4.00. The number of carboxylic acid groups (broad SMARTS) is 1. The lowest BCUT2D eigenvalue weighted by molar-refractivity contribution is 0.0697. The highest BCUT2D eigenvalue weighted by Crippen LogP contribution is 2.31. The molecule has 0 saturated carbocycles. The third-order valence-corrected chi connectivity index (χ3v) is 5.86. The van der Waals surface area contributed by atoms with Crippen LogP contribution in [0.1, 0.15) is 34.5 Å². The molecular formula is C26H25N3O4. The zero-order valence-corrected chi connectivity index (χ0v) is 18.4. The molecule has 0 unspecified atom stereocenters. The molecule has 0 aliphatic rings. The molecule has 1 heterocycles. The van der Waals surface area contributed by atoms with E-state index in [-0.39, 0.29) is 29.9 Å². The molecule has 0 spiro atoms. The average Bonchev–Trinajstić information content (AvgIpc) is 2.83. The number of carboxylic acids is 1. The molecule has 0 saturated heterocycles. The number of aryl methyl sites for hydroxylation is 1. The number of benzene rings is 3. The van der Waals surface area contributed by atoms with Gasteiger partial charge in [-0.2, -0.15) is 0 Å². The van der Waals surface area contributed by atoms with Crippen molar-refractivity contribution in [3.63, 3.8) is 0 Å². The van der Waals surface area contributed by atoms with Crippen LogP contribution in [-0.2, 0) is 0 Å². The summed E-state index contributed by atoms with van der Waals surface area (Å²) in [7, 11) is 0. The topological polar surface area (TPSA) is 104 Å². The van der Waals surface area contributed by atoms with Gasteiger partial charge in [-0.3, -0.25) is 9.36 Å². The Morgan fingerprint density at radius 2 is 1.88 bits per heavy atom. The standard InChI is InChI=1S/C26H25N3O4/c1-16-10-11-19(26(32)33)14-22(16)29-13-12-27-24(25(29)31)28-23(17(2)15-30)21-9-5-7-18-6-3-4-8-20(18)21/h3-14,17,23,30H,15H2,1-2H3,(H,27,28)(H,32,33)/t17-,23+/m0/s1. The third kappa shape index (κ3) is 4.36. The molecule has 0 radical (unpaired) electrons. The number of carbonyl (C=O) groups is 1. The fraction of sp³-hybridized carbons (Fsp3) is 0.192. The Hall–Kier alpha value is -3.97. The van der Waals surface area contributed by atoms with Gasteiger partial charge >= 0.3 is 5.97 Å². The van der Waals surface area contributed by atoms with Crippen molar-refractivity contribution in [3.05, 3.63) is 100 Å². The largest absolute Gasteiger partial charge is 0.478 e. The summed E-state index contributed by atoms with van der Waals surface area (Å²) in [4.78, 5) is 29.1. The fourth-order valence-electron chi connectivity index (χ4n) is 4.00. The molecule has 33 heavy (non-hydrogen) atoms. The van der Waals surface area contributed by atoms with Crippen molar-refractivity contribution in [1.82, 2.24) is 9.55 Å². The number of anilines is 1. The second-order valence-corrected chi connectivity index (χ2v) is 8.11. The van der Waals surface area contributed by atoms with Crippen LogP contribution in [0.4, 0.5) is 5.82 Å². The Kier molecular flexibility index (Phi) is 6.24. The average molecular weight is 444 g/mol. The Balaban J connectivity index is 1.80. The molecule has 168 valence electrons. The lowest BCUT2D eigenvalue weighted by Crippen LogP contribution is -2.29. The summed E-state index contributed by atoms with van der Waals surface area (Å²) in [5.41, 5.74) is 1.88. The van der Waals surface area contributed by atoms with Crippen molar-refractivity contribution in [2.45, 2.75) is 19.9 Å². The highest BCUT2D eigenvalue weighted by Gasteiger charge is 2.23. The Morgan fingerprint density at radius 1 is 1.12 bits per heavy atom. The van der Waals surface area contributed by atoms with Crippen LogP contribution in [0.3, 0.4) is 0 Å². The van der Waals surface area contributed by atoms with Gasteiger partial charge in [-0.25, -0.2) is 9.78 Å². The van der Waals surface area contributed by atoms with Gasteiger partial charge in [0.15, 0.2) is 5.82 Å². The second-order valence-electron chi connectivity index (χ2n) is 8.11. The molecule has 3 N–H and O–H groups in total. The molecule has 0 amide bonds. The van der Waals surface area contributed by atoms with Gasteiger partial charge in [0.05, 0.1) is 17.3 Å². The maximum atomic E-state index is 13.4. The van der Waals surface area contributed by atoms with E-state index in [1.165, 1.54) is 29.1 Å². The van der Waals surface area contributed by atoms with Gasteiger partial charge in [-0.05, 0) is 41.0 Å². The minimum atomic E-state index is -1.07. The first kappa shape index (κ1) is 22.2. The van der Waals surface area contributed by atoms with Crippen LogP contribution in [0.25, 0.3) is 16.5 Å². The quantitative estimate of drug-likeness (QED) is 0.396. The number of nitrogens with zero attached hydrogens (tertiary/aromatic N) is 2. The van der Waals surface area contributed by atoms with E-state index in [1.54, 1.807) is 6.07 Å². The van der Waals surface area contributed by atoms with E-state index in [0.717, 1.165) is 21.9 Å². The van der Waals surface area contributed by atoms with Crippen LogP contribution < -0.4 is 10.9 Å². The zero-order valence-electron chi connectivity index (χ0n) is 18.4. The summed E-state index contributed by atoms with van der Waals surface area (Å²) in [6.07, 6.45) is 3.02. The Morgan fingerprint density at radius 3 is 2.64 bits per heavy atom. The van der Waals surface area contributed by atoms with Gasteiger partial charge in [-0.15, -0.1) is 0 Å². The minimum Gasteiger partial charge on any atom is -0.478 e. The second kappa shape index (κ2) is 9.26. The van der Waals surface area contributed by atoms with E-state index >= 15 is 0 Å². The summed E-state index contributed by atoms with van der Waals surface area (Å²) in [5, 5.41) is 24.6. The van der Waals surface area contributed by atoms with Gasteiger partial charge in [0.1, 0.15) is 0 Å². The van der Waals surface area contributed by atoms with Gasteiger partial charge in [0, 0.05) is 24.9 Å². The van der Waals surface area contributed by atoms with Crippen LogP contribution in [0.5, 0.6) is 0 Å². The highest BCUT2D eigenvalue weighted by molar-refractivity contribution is 5.88. The molecule has 7 heteroatoms. The van der Waals surface area contributed by atoms with Crippen molar-refractivity contribution in [2.75, 3.05) is 11.9 Å². The number of nitrogens with one attached hydrogen (secondary N) is 1. The molecule has 3 aromatic carbocycles. The maximum Gasteiger partial charge on any atom is 0.335 e. The van der Waals surface area contributed by atoms with E-state index in [2.05, 4.69) is 10.3 Å². The molecule has 2 atom stereocenters. The summed E-state index contributed by atoms with van der Waals surface area (Å²) >= 11 is 0. The van der Waals surface area contributed by atoms with Crippen molar-refractivity contribution in [2.24, 2.45) is 5.92 Å². The number of hydrogen-bond acceptors (Lipinski definition) is 5. The van der Waals surface area contributed by atoms with Crippen molar-refractivity contribution >= 4 is 22.6 Å². The number of fused-ring (bicyclic) bond motifs is 1. The first-order chi connectivity index (χ1) is 15.9. The number of hydrogen-bond donors (Lipinski definition) is 3. The lowest BCUT2D eigenvalue weighted by atomic mass is 9.91. The summed E-state index contributed by atoms with van der Waals surface area (Å²) in [5.74, 6) is -1.15. The Labute approximate surface area is 191 Å². The number of aliphatic hydroxyl groups is 1.